The number of allylic oxidation sites excluding steroid dienone is 6. The summed E-state index contributed by atoms with van der Waals surface area (Å²) in [5.41, 5.74) is -4.73. The highest BCUT2D eigenvalue weighted by Gasteiger charge is 2.72. The smallest absolute Gasteiger partial charge is 0.193 e. The summed E-state index contributed by atoms with van der Waals surface area (Å²) < 4.78 is 31.7. The van der Waals surface area contributed by atoms with Crippen LogP contribution in [0.5, 0.6) is 0 Å². The summed E-state index contributed by atoms with van der Waals surface area (Å²) in [6.45, 7) is 10.6. The van der Waals surface area contributed by atoms with Crippen molar-refractivity contribution >= 4 is 11.6 Å². The zero-order chi connectivity index (χ0) is 17.9. The van der Waals surface area contributed by atoms with E-state index < -0.39 is 46.1 Å². The highest BCUT2D eigenvalue weighted by Crippen LogP contribution is 2.65. The zero-order valence-electron chi connectivity index (χ0n) is 14.0. The predicted octanol–water partition coefficient (Wildman–Crippen LogP) is 4.09. The Morgan fingerprint density at radius 2 is 1.75 bits per heavy atom. The van der Waals surface area contributed by atoms with Gasteiger partial charge in [0.15, 0.2) is 22.9 Å². The van der Waals surface area contributed by atoms with Gasteiger partial charge in [-0.25, -0.2) is 8.78 Å². The molecule has 0 amide bonds. The first-order valence-electron chi connectivity index (χ1n) is 8.22. The molecule has 0 aromatic rings. The van der Waals surface area contributed by atoms with Gasteiger partial charge in [-0.3, -0.25) is 9.59 Å². The Morgan fingerprint density at radius 3 is 2.33 bits per heavy atom. The lowest BCUT2D eigenvalue weighted by atomic mass is 9.42. The molecule has 128 valence electrons. The molecule has 2 nitrogen and oxygen atoms in total. The molecular formula is C20H22F2O2. The summed E-state index contributed by atoms with van der Waals surface area (Å²) >= 11 is 0. The van der Waals surface area contributed by atoms with E-state index in [4.69, 9.17) is 0 Å². The van der Waals surface area contributed by atoms with Crippen LogP contribution in [0.1, 0.15) is 26.7 Å². The van der Waals surface area contributed by atoms with E-state index in [1.807, 2.05) is 0 Å². The molecule has 0 aromatic carbocycles. The second-order valence-corrected chi connectivity index (χ2v) is 7.48. The lowest BCUT2D eigenvalue weighted by Gasteiger charge is -2.61. The molecule has 6 atom stereocenters. The van der Waals surface area contributed by atoms with Crippen LogP contribution in [0, 0.1) is 23.2 Å². The number of hydrogen-bond donors (Lipinski definition) is 0. The number of Topliss-reactive ketones (excluding diaryl/α,β-unsaturated/α-hetero) is 1. The number of carbonyl (C=O) groups is 2. The summed E-state index contributed by atoms with van der Waals surface area (Å²) in [5.74, 6) is -3.88. The number of carbonyl (C=O) groups excluding carboxylic acids is 2. The van der Waals surface area contributed by atoms with Gasteiger partial charge in [-0.2, -0.15) is 0 Å². The van der Waals surface area contributed by atoms with E-state index in [1.165, 1.54) is 18.2 Å². The van der Waals surface area contributed by atoms with Crippen LogP contribution in [-0.4, -0.2) is 22.9 Å². The monoisotopic (exact) mass is 332 g/mol. The summed E-state index contributed by atoms with van der Waals surface area (Å²) in [7, 11) is 0. The number of ketones is 2. The fourth-order valence-corrected chi connectivity index (χ4v) is 5.14. The molecule has 0 aliphatic heterocycles. The van der Waals surface area contributed by atoms with Gasteiger partial charge in [-0.15, -0.1) is 13.2 Å². The van der Waals surface area contributed by atoms with Crippen molar-refractivity contribution in [3.05, 3.63) is 49.1 Å². The molecule has 4 rings (SSSR count). The molecule has 0 aromatic heterocycles. The van der Waals surface area contributed by atoms with Crippen LogP contribution < -0.4 is 0 Å². The van der Waals surface area contributed by atoms with E-state index in [2.05, 4.69) is 13.2 Å². The molecule has 0 N–H and O–H groups in total. The van der Waals surface area contributed by atoms with Crippen molar-refractivity contribution in [1.29, 1.82) is 0 Å². The molecule has 2 bridgehead atoms. The minimum atomic E-state index is -2.25. The van der Waals surface area contributed by atoms with Gasteiger partial charge in [0.1, 0.15) is 0 Å². The van der Waals surface area contributed by atoms with Gasteiger partial charge in [0, 0.05) is 36.0 Å². The highest BCUT2D eigenvalue weighted by molar-refractivity contribution is 6.02. The van der Waals surface area contributed by atoms with Crippen molar-refractivity contribution in [3.8, 4) is 0 Å². The molecule has 4 aliphatic rings. The SMILES string of the molecule is C=CC[C@]1(F)C(=O)C=C[C@]2(C)[C@H]1[C@@H]1C(C)=C[C@H]2C(=O)[C@@]1(F)CC=C. The maximum atomic E-state index is 15.9. The van der Waals surface area contributed by atoms with E-state index >= 15 is 8.78 Å². The maximum Gasteiger partial charge on any atom is 0.193 e. The molecule has 1 saturated carbocycles. The van der Waals surface area contributed by atoms with Crippen molar-refractivity contribution in [2.24, 2.45) is 23.2 Å². The molecule has 4 aliphatic carbocycles. The molecule has 4 heteroatoms. The zero-order valence-corrected chi connectivity index (χ0v) is 14.0. The molecular weight excluding hydrogens is 310 g/mol. The van der Waals surface area contributed by atoms with Crippen LogP contribution in [0.3, 0.4) is 0 Å². The number of alkyl halides is 2. The van der Waals surface area contributed by atoms with E-state index in [-0.39, 0.29) is 12.8 Å². The summed E-state index contributed by atoms with van der Waals surface area (Å²) in [6, 6.07) is 0. The first-order chi connectivity index (χ1) is 11.2. The van der Waals surface area contributed by atoms with Gasteiger partial charge < -0.3 is 0 Å². The third-order valence-corrected chi connectivity index (χ3v) is 6.16. The normalized spacial score (nSPS) is 46.5. The second-order valence-electron chi connectivity index (χ2n) is 7.48. The third-order valence-electron chi connectivity index (χ3n) is 6.16. The van der Waals surface area contributed by atoms with E-state index in [0.717, 1.165) is 0 Å². The molecule has 0 unspecified atom stereocenters. The number of halogens is 2. The van der Waals surface area contributed by atoms with Crippen molar-refractivity contribution in [2.45, 2.75) is 38.0 Å². The molecule has 0 heterocycles. The van der Waals surface area contributed by atoms with Crippen LogP contribution in [0.2, 0.25) is 0 Å². The fraction of sp³-hybridized carbons (Fsp3) is 0.500. The molecule has 24 heavy (non-hydrogen) atoms. The number of rotatable bonds is 4. The minimum Gasteiger partial charge on any atom is -0.295 e. The van der Waals surface area contributed by atoms with Gasteiger partial charge in [0.05, 0.1) is 0 Å². The van der Waals surface area contributed by atoms with Gasteiger partial charge >= 0.3 is 0 Å². The Balaban J connectivity index is 2.28. The van der Waals surface area contributed by atoms with Crippen LogP contribution in [0.15, 0.2) is 49.1 Å². The molecule has 0 saturated heterocycles. The minimum absolute atomic E-state index is 0.174. The Hall–Kier alpha value is -1.84. The predicted molar refractivity (Wildman–Crippen MR) is 88.8 cm³/mol. The first kappa shape index (κ1) is 17.0. The van der Waals surface area contributed by atoms with E-state index in [9.17, 15) is 9.59 Å². The maximum absolute atomic E-state index is 15.9. The van der Waals surface area contributed by atoms with Crippen molar-refractivity contribution < 1.29 is 18.4 Å². The summed E-state index contributed by atoms with van der Waals surface area (Å²) in [4.78, 5) is 25.2. The Labute approximate surface area is 141 Å². The van der Waals surface area contributed by atoms with Crippen LogP contribution >= 0.6 is 0 Å². The van der Waals surface area contributed by atoms with E-state index in [1.54, 1.807) is 26.0 Å². The first-order valence-corrected chi connectivity index (χ1v) is 8.22. The quantitative estimate of drug-likeness (QED) is 0.727. The lowest BCUT2D eigenvalue weighted by Crippen LogP contribution is -2.69. The van der Waals surface area contributed by atoms with Crippen LogP contribution in [-0.2, 0) is 9.59 Å². The lowest BCUT2D eigenvalue weighted by molar-refractivity contribution is -0.172. The Kier molecular flexibility index (Phi) is 3.60. The molecule has 0 spiro atoms. The standard InChI is InChI=1S/C20H22F2O2/c1-5-8-19(21)14(23)7-10-18(4)13-11-12(3)15(16(18)19)20(22,9-6-2)17(13)24/h5-7,10-11,13,15-16H,1-2,8-9H2,3-4H3/t13-,15-,16+,18-,19-,20+/m0/s1. The van der Waals surface area contributed by atoms with Crippen LogP contribution in [0.25, 0.3) is 0 Å². The molecule has 0 radical (unpaired) electrons. The second kappa shape index (κ2) is 5.08. The van der Waals surface area contributed by atoms with E-state index in [0.29, 0.717) is 5.57 Å². The fourth-order valence-electron chi connectivity index (χ4n) is 5.14. The largest absolute Gasteiger partial charge is 0.295 e. The van der Waals surface area contributed by atoms with Crippen molar-refractivity contribution in [2.75, 3.05) is 0 Å². The Morgan fingerprint density at radius 1 is 1.17 bits per heavy atom. The van der Waals surface area contributed by atoms with Crippen LogP contribution in [0.4, 0.5) is 8.78 Å². The number of fused-ring (bicyclic) bond motifs is 1. The topological polar surface area (TPSA) is 34.1 Å². The Bertz CT molecular complexity index is 706. The van der Waals surface area contributed by atoms with Crippen molar-refractivity contribution in [1.82, 2.24) is 0 Å². The summed E-state index contributed by atoms with van der Waals surface area (Å²) in [5, 5.41) is 0. The molecule has 1 fully saturated rings. The highest BCUT2D eigenvalue weighted by atomic mass is 19.1. The van der Waals surface area contributed by atoms with Gasteiger partial charge in [0.25, 0.3) is 0 Å². The third kappa shape index (κ3) is 1.80. The summed E-state index contributed by atoms with van der Waals surface area (Å²) in [6.07, 6.45) is 6.92. The van der Waals surface area contributed by atoms with Gasteiger partial charge in [0.2, 0.25) is 0 Å². The average Bonchev–Trinajstić information content (AvgIpc) is 2.51. The number of hydrogen-bond acceptors (Lipinski definition) is 2. The van der Waals surface area contributed by atoms with Gasteiger partial charge in [-0.05, 0) is 13.0 Å². The van der Waals surface area contributed by atoms with Crippen molar-refractivity contribution in [3.63, 3.8) is 0 Å². The average molecular weight is 332 g/mol. The van der Waals surface area contributed by atoms with Gasteiger partial charge in [-0.1, -0.05) is 36.8 Å².